The van der Waals surface area contributed by atoms with Crippen LogP contribution in [0.15, 0.2) is 30.7 Å². The van der Waals surface area contributed by atoms with Gasteiger partial charge in [0, 0.05) is 51.3 Å². The molecular weight excluding hydrogens is 378 g/mol. The number of fused-ring (bicyclic) bond motifs is 1. The quantitative estimate of drug-likeness (QED) is 0.782. The van der Waals surface area contributed by atoms with E-state index in [9.17, 15) is 4.79 Å². The number of nitrogens with zero attached hydrogens (tertiary/aromatic N) is 5. The van der Waals surface area contributed by atoms with Crippen molar-refractivity contribution in [3.63, 3.8) is 0 Å². The number of carbonyl (C=O) groups excluding carboxylic acids is 1. The van der Waals surface area contributed by atoms with Crippen molar-refractivity contribution in [2.45, 2.75) is 51.1 Å². The lowest BCUT2D eigenvalue weighted by atomic mass is 9.96. The molecule has 7 nitrogen and oxygen atoms in total. The van der Waals surface area contributed by atoms with Gasteiger partial charge in [-0.25, -0.2) is 14.8 Å². The third-order valence-corrected chi connectivity index (χ3v) is 6.65. The van der Waals surface area contributed by atoms with E-state index in [1.165, 1.54) is 5.56 Å². The molecule has 0 saturated carbocycles. The Balaban J connectivity index is 1.28. The molecular formula is C23H29N5O2. The highest BCUT2D eigenvalue weighted by atomic mass is 16.5. The Morgan fingerprint density at radius 1 is 1.17 bits per heavy atom. The molecule has 1 atom stereocenters. The first-order valence-electron chi connectivity index (χ1n) is 11.1. The fourth-order valence-corrected chi connectivity index (χ4v) is 4.91. The van der Waals surface area contributed by atoms with Crippen LogP contribution >= 0.6 is 0 Å². The number of likely N-dealkylation sites (tertiary alicyclic amines) is 1. The maximum Gasteiger partial charge on any atom is 0.320 e. The van der Waals surface area contributed by atoms with Gasteiger partial charge in [-0.15, -0.1) is 0 Å². The Morgan fingerprint density at radius 2 is 2.07 bits per heavy atom. The van der Waals surface area contributed by atoms with Gasteiger partial charge in [-0.2, -0.15) is 0 Å². The molecule has 2 aromatic rings. The van der Waals surface area contributed by atoms with Crippen LogP contribution in [0.2, 0.25) is 0 Å². The van der Waals surface area contributed by atoms with E-state index in [1.807, 2.05) is 28.3 Å². The zero-order valence-electron chi connectivity index (χ0n) is 17.4. The average Bonchev–Trinajstić information content (AvgIpc) is 3.29. The van der Waals surface area contributed by atoms with Gasteiger partial charge in [-0.3, -0.25) is 4.98 Å². The Labute approximate surface area is 177 Å². The number of amides is 2. The van der Waals surface area contributed by atoms with Crippen LogP contribution in [0, 0.1) is 5.92 Å². The molecule has 0 N–H and O–H groups in total. The average molecular weight is 408 g/mol. The molecule has 1 unspecified atom stereocenters. The van der Waals surface area contributed by atoms with Crippen LogP contribution in [-0.2, 0) is 24.1 Å². The number of hydrogen-bond acceptors (Lipinski definition) is 5. The Morgan fingerprint density at radius 3 is 2.90 bits per heavy atom. The van der Waals surface area contributed by atoms with Crippen LogP contribution in [0.5, 0.6) is 0 Å². The van der Waals surface area contributed by atoms with E-state index in [0.29, 0.717) is 12.5 Å². The summed E-state index contributed by atoms with van der Waals surface area (Å²) in [5, 5.41) is 0. The highest BCUT2D eigenvalue weighted by molar-refractivity contribution is 5.75. The summed E-state index contributed by atoms with van der Waals surface area (Å²) in [5.41, 5.74) is 3.32. The maximum absolute atomic E-state index is 13.4. The summed E-state index contributed by atoms with van der Waals surface area (Å²) in [5.74, 6) is 1.51. The lowest BCUT2D eigenvalue weighted by Gasteiger charge is -2.34. The molecule has 30 heavy (non-hydrogen) atoms. The monoisotopic (exact) mass is 407 g/mol. The molecule has 0 aromatic carbocycles. The van der Waals surface area contributed by atoms with Crippen LogP contribution in [0.25, 0.3) is 0 Å². The molecule has 5 rings (SSSR count). The number of aromatic nitrogens is 3. The third-order valence-electron chi connectivity index (χ3n) is 6.65. The van der Waals surface area contributed by atoms with E-state index in [2.05, 4.69) is 16.0 Å². The van der Waals surface area contributed by atoms with Crippen molar-refractivity contribution in [2.75, 3.05) is 26.3 Å². The summed E-state index contributed by atoms with van der Waals surface area (Å²) < 4.78 is 5.46. The van der Waals surface area contributed by atoms with Crippen molar-refractivity contribution < 1.29 is 9.53 Å². The summed E-state index contributed by atoms with van der Waals surface area (Å²) in [6.07, 6.45) is 11.6. The summed E-state index contributed by atoms with van der Waals surface area (Å²) in [6, 6.07) is 4.27. The number of pyridine rings is 1. The minimum Gasteiger partial charge on any atom is -0.381 e. The first-order valence-corrected chi connectivity index (χ1v) is 11.1. The van der Waals surface area contributed by atoms with Gasteiger partial charge < -0.3 is 14.5 Å². The largest absolute Gasteiger partial charge is 0.381 e. The van der Waals surface area contributed by atoms with Crippen molar-refractivity contribution in [1.82, 2.24) is 24.8 Å². The second-order valence-electron chi connectivity index (χ2n) is 8.61. The second-order valence-corrected chi connectivity index (χ2v) is 8.61. The molecule has 3 aliphatic heterocycles. The molecule has 3 aliphatic rings. The molecule has 0 radical (unpaired) electrons. The van der Waals surface area contributed by atoms with Gasteiger partial charge in [-0.1, -0.05) is 6.07 Å². The van der Waals surface area contributed by atoms with Gasteiger partial charge in [0.05, 0.1) is 18.3 Å². The van der Waals surface area contributed by atoms with Crippen LogP contribution in [0.3, 0.4) is 0 Å². The normalized spacial score (nSPS) is 22.2. The standard InChI is InChI=1S/C23H29N5O2/c29-23(28-9-2-4-21(28)19-3-1-8-24-14-19)27-10-5-18-15-25-22(26-20(18)16-27)13-17-6-11-30-12-7-17/h1,3,8,14-15,17,21H,2,4-7,9-13,16H2. The number of hydrogen-bond donors (Lipinski definition) is 0. The highest BCUT2D eigenvalue weighted by Gasteiger charge is 2.34. The minimum atomic E-state index is 0.122. The van der Waals surface area contributed by atoms with E-state index in [-0.39, 0.29) is 12.1 Å². The molecule has 0 bridgehead atoms. The number of ether oxygens (including phenoxy) is 1. The van der Waals surface area contributed by atoms with Gasteiger partial charge in [0.2, 0.25) is 0 Å². The summed E-state index contributed by atoms with van der Waals surface area (Å²) in [7, 11) is 0. The summed E-state index contributed by atoms with van der Waals surface area (Å²) in [6.45, 7) is 3.79. The fraction of sp³-hybridized carbons (Fsp3) is 0.565. The Bertz CT molecular complexity index is 884. The number of urea groups is 1. The van der Waals surface area contributed by atoms with Crippen LogP contribution in [0.4, 0.5) is 4.79 Å². The lowest BCUT2D eigenvalue weighted by Crippen LogP contribution is -2.45. The van der Waals surface area contributed by atoms with Crippen molar-refractivity contribution >= 4 is 6.03 Å². The van der Waals surface area contributed by atoms with E-state index >= 15 is 0 Å². The minimum absolute atomic E-state index is 0.122. The molecule has 2 amide bonds. The summed E-state index contributed by atoms with van der Waals surface area (Å²) >= 11 is 0. The lowest BCUT2D eigenvalue weighted by molar-refractivity contribution is 0.0659. The molecule has 0 aliphatic carbocycles. The summed E-state index contributed by atoms with van der Waals surface area (Å²) in [4.78, 5) is 31.1. The van der Waals surface area contributed by atoms with E-state index < -0.39 is 0 Å². The SMILES string of the molecule is O=C(N1CCc2cnc(CC3CCOCC3)nc2C1)N1CCCC1c1cccnc1. The maximum atomic E-state index is 13.4. The van der Waals surface area contributed by atoms with Crippen molar-refractivity contribution in [3.8, 4) is 0 Å². The van der Waals surface area contributed by atoms with Crippen LogP contribution < -0.4 is 0 Å². The molecule has 2 fully saturated rings. The topological polar surface area (TPSA) is 71.5 Å². The Kier molecular flexibility index (Phi) is 5.62. The second kappa shape index (κ2) is 8.68. The molecule has 158 valence electrons. The van der Waals surface area contributed by atoms with Gasteiger partial charge >= 0.3 is 6.03 Å². The van der Waals surface area contributed by atoms with Crippen molar-refractivity contribution in [2.24, 2.45) is 5.92 Å². The van der Waals surface area contributed by atoms with Crippen molar-refractivity contribution in [3.05, 3.63) is 53.4 Å². The van der Waals surface area contributed by atoms with E-state index in [4.69, 9.17) is 9.72 Å². The smallest absolute Gasteiger partial charge is 0.320 e. The van der Waals surface area contributed by atoms with E-state index in [0.717, 1.165) is 81.9 Å². The molecule has 2 aromatic heterocycles. The van der Waals surface area contributed by atoms with Gasteiger partial charge in [-0.05, 0) is 55.2 Å². The third kappa shape index (κ3) is 4.03. The van der Waals surface area contributed by atoms with Crippen molar-refractivity contribution in [1.29, 1.82) is 0 Å². The zero-order valence-corrected chi connectivity index (χ0v) is 17.4. The first-order chi connectivity index (χ1) is 14.8. The molecule has 2 saturated heterocycles. The molecule has 5 heterocycles. The van der Waals surface area contributed by atoms with Gasteiger partial charge in [0.1, 0.15) is 5.82 Å². The molecule has 7 heteroatoms. The van der Waals surface area contributed by atoms with E-state index in [1.54, 1.807) is 6.20 Å². The van der Waals surface area contributed by atoms with Gasteiger partial charge in [0.15, 0.2) is 0 Å². The number of carbonyl (C=O) groups is 1. The first kappa shape index (κ1) is 19.4. The zero-order chi connectivity index (χ0) is 20.3. The predicted octanol–water partition coefficient (Wildman–Crippen LogP) is 3.16. The predicted molar refractivity (Wildman–Crippen MR) is 112 cm³/mol. The Hall–Kier alpha value is -2.54. The molecule has 0 spiro atoms. The number of rotatable bonds is 3. The van der Waals surface area contributed by atoms with Gasteiger partial charge in [0.25, 0.3) is 0 Å². The highest BCUT2D eigenvalue weighted by Crippen LogP contribution is 2.33. The van der Waals surface area contributed by atoms with Crippen LogP contribution in [0.1, 0.15) is 54.4 Å². The van der Waals surface area contributed by atoms with Crippen LogP contribution in [-0.4, -0.2) is 57.1 Å². The fourth-order valence-electron chi connectivity index (χ4n) is 4.91.